The van der Waals surface area contributed by atoms with Crippen molar-refractivity contribution in [1.29, 1.82) is 0 Å². The van der Waals surface area contributed by atoms with Crippen molar-refractivity contribution in [3.63, 3.8) is 0 Å². The molecule has 0 aliphatic carbocycles. The van der Waals surface area contributed by atoms with Crippen LogP contribution in [-0.2, 0) is 0 Å². The number of nitrogens with two attached hydrogens (primary N) is 1. The van der Waals surface area contributed by atoms with E-state index in [2.05, 4.69) is 0 Å². The smallest absolute Gasteiger partial charge is 0.204 e. The fourth-order valence-electron chi connectivity index (χ4n) is 2.08. The fraction of sp³-hybridized carbons (Fsp3) is 0.235. The second-order valence-electron chi connectivity index (χ2n) is 4.66. The number of hydrogen-bond acceptors (Lipinski definition) is 6. The lowest BCUT2D eigenvalue weighted by atomic mass is 10.1. The van der Waals surface area contributed by atoms with E-state index in [-0.39, 0.29) is 12.4 Å². The second-order valence-corrected chi connectivity index (χ2v) is 5.51. The minimum atomic E-state index is -0.212. The van der Waals surface area contributed by atoms with Crippen molar-refractivity contribution in [2.45, 2.75) is 4.90 Å². The van der Waals surface area contributed by atoms with Crippen LogP contribution in [0.15, 0.2) is 41.3 Å². The lowest BCUT2D eigenvalue weighted by molar-refractivity contribution is 0.0918. The van der Waals surface area contributed by atoms with Crippen molar-refractivity contribution < 1.29 is 19.0 Å². The van der Waals surface area contributed by atoms with Gasteiger partial charge in [0.25, 0.3) is 0 Å². The fourth-order valence-corrected chi connectivity index (χ4v) is 2.65. The van der Waals surface area contributed by atoms with Crippen molar-refractivity contribution in [2.75, 3.05) is 32.8 Å². The van der Waals surface area contributed by atoms with Crippen molar-refractivity contribution in [3.05, 3.63) is 42.0 Å². The number of thioether (sulfide) groups is 1. The van der Waals surface area contributed by atoms with Crippen LogP contribution >= 0.6 is 11.8 Å². The predicted octanol–water partition coefficient (Wildman–Crippen LogP) is 3.27. The molecule has 122 valence electrons. The molecule has 0 bridgehead atoms. The minimum Gasteiger partial charge on any atom is -0.496 e. The summed E-state index contributed by atoms with van der Waals surface area (Å²) >= 11 is 1.52. The monoisotopic (exact) mass is 333 g/mol. The number of ketones is 1. The molecule has 23 heavy (non-hydrogen) atoms. The van der Waals surface area contributed by atoms with Crippen LogP contribution in [0.3, 0.4) is 0 Å². The number of ether oxygens (including phenoxy) is 3. The summed E-state index contributed by atoms with van der Waals surface area (Å²) in [4.78, 5) is 13.4. The number of rotatable bonds is 7. The summed E-state index contributed by atoms with van der Waals surface area (Å²) in [5, 5.41) is 0. The minimum absolute atomic E-state index is 0.133. The van der Waals surface area contributed by atoms with Gasteiger partial charge in [0.05, 0.1) is 30.4 Å². The highest BCUT2D eigenvalue weighted by atomic mass is 32.2. The quantitative estimate of drug-likeness (QED) is 0.476. The maximum absolute atomic E-state index is 12.5. The average Bonchev–Trinajstić information content (AvgIpc) is 2.59. The third kappa shape index (κ3) is 3.90. The number of Topliss-reactive ketones (excluding diaryl/α,β-unsaturated/α-hetero) is 1. The third-order valence-electron chi connectivity index (χ3n) is 3.28. The Balaban J connectivity index is 2.23. The number of hydrogen-bond donors (Lipinski definition) is 1. The molecule has 0 unspecified atom stereocenters. The van der Waals surface area contributed by atoms with Gasteiger partial charge >= 0.3 is 0 Å². The first-order valence-corrected chi connectivity index (χ1v) is 8.13. The standard InChI is InChI=1S/C17H19NO4S/c1-20-15-9-17(23-3)16(21-2)8-11(15)13(19)10-22-14-7-5-4-6-12(14)18/h4-9H,10,18H2,1-3H3. The van der Waals surface area contributed by atoms with Crippen LogP contribution in [0.5, 0.6) is 17.2 Å². The molecule has 0 aromatic heterocycles. The molecule has 0 amide bonds. The molecule has 0 aliphatic heterocycles. The Morgan fingerprint density at radius 3 is 2.39 bits per heavy atom. The van der Waals surface area contributed by atoms with Crippen molar-refractivity contribution >= 4 is 23.2 Å². The molecule has 0 atom stereocenters. The summed E-state index contributed by atoms with van der Waals surface area (Å²) in [6, 6.07) is 10.5. The molecule has 2 N–H and O–H groups in total. The molecule has 0 fully saturated rings. The molecule has 2 rings (SSSR count). The first-order valence-electron chi connectivity index (χ1n) is 6.91. The van der Waals surface area contributed by atoms with Gasteiger partial charge in [-0.3, -0.25) is 4.79 Å². The summed E-state index contributed by atoms with van der Waals surface area (Å²) < 4.78 is 16.1. The molecule has 0 heterocycles. The number of benzene rings is 2. The van der Waals surface area contributed by atoms with Gasteiger partial charge < -0.3 is 19.9 Å². The van der Waals surface area contributed by atoms with E-state index in [0.29, 0.717) is 28.5 Å². The van der Waals surface area contributed by atoms with E-state index in [9.17, 15) is 4.79 Å². The van der Waals surface area contributed by atoms with Crippen LogP contribution < -0.4 is 19.9 Å². The number of nitrogen functional groups attached to an aromatic ring is 1. The van der Waals surface area contributed by atoms with Crippen LogP contribution in [-0.4, -0.2) is 32.9 Å². The number of para-hydroxylation sites is 2. The predicted molar refractivity (Wildman–Crippen MR) is 92.0 cm³/mol. The zero-order chi connectivity index (χ0) is 16.8. The van der Waals surface area contributed by atoms with E-state index < -0.39 is 0 Å². The maximum atomic E-state index is 12.5. The highest BCUT2D eigenvalue weighted by molar-refractivity contribution is 7.98. The lowest BCUT2D eigenvalue weighted by Crippen LogP contribution is -2.14. The Labute approximate surface area is 139 Å². The van der Waals surface area contributed by atoms with Gasteiger partial charge in [0.15, 0.2) is 6.61 Å². The zero-order valence-corrected chi connectivity index (χ0v) is 14.1. The lowest BCUT2D eigenvalue weighted by Gasteiger charge is -2.14. The molecular weight excluding hydrogens is 314 g/mol. The SMILES string of the molecule is COc1cc(C(=O)COc2ccccc2N)c(OC)cc1SC. The van der Waals surface area contributed by atoms with Gasteiger partial charge in [-0.25, -0.2) is 0 Å². The molecule has 0 aliphatic rings. The van der Waals surface area contributed by atoms with E-state index in [1.807, 2.05) is 6.26 Å². The van der Waals surface area contributed by atoms with Crippen molar-refractivity contribution in [2.24, 2.45) is 0 Å². The third-order valence-corrected chi connectivity index (χ3v) is 4.04. The van der Waals surface area contributed by atoms with Gasteiger partial charge in [-0.05, 0) is 30.5 Å². The van der Waals surface area contributed by atoms with Crippen molar-refractivity contribution in [1.82, 2.24) is 0 Å². The van der Waals surface area contributed by atoms with Crippen LogP contribution in [0, 0.1) is 0 Å². The average molecular weight is 333 g/mol. The van der Waals surface area contributed by atoms with E-state index >= 15 is 0 Å². The highest BCUT2D eigenvalue weighted by Crippen LogP contribution is 2.34. The Bertz CT molecular complexity index is 703. The first kappa shape index (κ1) is 17.0. The second kappa shape index (κ2) is 7.78. The molecule has 2 aromatic carbocycles. The summed E-state index contributed by atoms with van der Waals surface area (Å²) in [5.74, 6) is 1.38. The van der Waals surface area contributed by atoms with Gasteiger partial charge in [0.1, 0.15) is 17.2 Å². The Morgan fingerprint density at radius 1 is 1.09 bits per heavy atom. The van der Waals surface area contributed by atoms with Gasteiger partial charge in [0, 0.05) is 0 Å². The van der Waals surface area contributed by atoms with E-state index in [4.69, 9.17) is 19.9 Å². The largest absolute Gasteiger partial charge is 0.496 e. The summed E-state index contributed by atoms with van der Waals surface area (Å²) in [7, 11) is 3.09. The van der Waals surface area contributed by atoms with Gasteiger partial charge in [-0.2, -0.15) is 0 Å². The molecule has 2 aromatic rings. The van der Waals surface area contributed by atoms with E-state index in [1.165, 1.54) is 18.9 Å². The molecule has 0 spiro atoms. The Morgan fingerprint density at radius 2 is 1.78 bits per heavy atom. The molecule has 0 saturated heterocycles. The number of anilines is 1. The molecule has 6 heteroatoms. The number of carbonyl (C=O) groups excluding carboxylic acids is 1. The number of methoxy groups -OCH3 is 2. The van der Waals surface area contributed by atoms with E-state index in [0.717, 1.165) is 4.90 Å². The molecular formula is C17H19NO4S. The molecule has 5 nitrogen and oxygen atoms in total. The van der Waals surface area contributed by atoms with Gasteiger partial charge in [-0.15, -0.1) is 11.8 Å². The van der Waals surface area contributed by atoms with Gasteiger partial charge in [0.2, 0.25) is 5.78 Å². The van der Waals surface area contributed by atoms with Crippen LogP contribution in [0.1, 0.15) is 10.4 Å². The molecule has 0 radical (unpaired) electrons. The summed E-state index contributed by atoms with van der Waals surface area (Å²) in [6.45, 7) is -0.133. The van der Waals surface area contributed by atoms with Crippen LogP contribution in [0.2, 0.25) is 0 Å². The zero-order valence-electron chi connectivity index (χ0n) is 13.3. The number of carbonyl (C=O) groups is 1. The Hall–Kier alpha value is -2.34. The highest BCUT2D eigenvalue weighted by Gasteiger charge is 2.17. The van der Waals surface area contributed by atoms with E-state index in [1.54, 1.807) is 43.5 Å². The van der Waals surface area contributed by atoms with Crippen LogP contribution in [0.4, 0.5) is 5.69 Å². The maximum Gasteiger partial charge on any atom is 0.204 e. The summed E-state index contributed by atoms with van der Waals surface area (Å²) in [6.07, 6.45) is 1.93. The Kier molecular flexibility index (Phi) is 5.76. The molecule has 0 saturated carbocycles. The normalized spacial score (nSPS) is 10.2. The first-order chi connectivity index (χ1) is 11.1. The topological polar surface area (TPSA) is 70.8 Å². The van der Waals surface area contributed by atoms with Crippen LogP contribution in [0.25, 0.3) is 0 Å². The summed E-state index contributed by atoms with van der Waals surface area (Å²) in [5.41, 5.74) is 6.70. The van der Waals surface area contributed by atoms with Crippen molar-refractivity contribution in [3.8, 4) is 17.2 Å². The van der Waals surface area contributed by atoms with Gasteiger partial charge in [-0.1, -0.05) is 12.1 Å².